The Morgan fingerprint density at radius 1 is 1.48 bits per heavy atom. The molecule has 1 saturated heterocycles. The molecule has 0 N–H and O–H groups in total. The molecule has 7 nitrogen and oxygen atoms in total. The molecule has 3 rings (SSSR count). The number of sulfone groups is 1. The molecule has 0 aliphatic carbocycles. The first-order chi connectivity index (χ1) is 11.8. The molecule has 8 heteroatoms. The molecule has 2 aromatic rings. The van der Waals surface area contributed by atoms with Crippen LogP contribution in [0, 0.1) is 25.2 Å². The van der Waals surface area contributed by atoms with Crippen molar-refractivity contribution in [3.05, 3.63) is 46.7 Å². The quantitative estimate of drug-likeness (QED) is 0.471. The Balaban J connectivity index is 1.98. The number of rotatable bonds is 4. The second kappa shape index (κ2) is 6.33. The first kappa shape index (κ1) is 17.2. The summed E-state index contributed by atoms with van der Waals surface area (Å²) in [6, 6.07) is 4.77. The average Bonchev–Trinajstić information content (AvgIpc) is 3.26. The van der Waals surface area contributed by atoms with Crippen LogP contribution in [0.3, 0.4) is 0 Å². The van der Waals surface area contributed by atoms with Gasteiger partial charge in [-0.15, -0.1) is 0 Å². The van der Waals surface area contributed by atoms with Crippen molar-refractivity contribution in [2.24, 2.45) is 0 Å². The molecule has 25 heavy (non-hydrogen) atoms. The number of carbonyl (C=O) groups excluding carboxylic acids is 1. The van der Waals surface area contributed by atoms with E-state index in [0.717, 1.165) is 5.69 Å². The van der Waals surface area contributed by atoms with E-state index < -0.39 is 15.6 Å². The average molecular weight is 359 g/mol. The van der Waals surface area contributed by atoms with Gasteiger partial charge in [-0.1, -0.05) is 0 Å². The topological polar surface area (TPSA) is 106 Å². The molecule has 1 fully saturated rings. The lowest BCUT2D eigenvalue weighted by molar-refractivity contribution is 0.101. The van der Waals surface area contributed by atoms with Gasteiger partial charge in [0.2, 0.25) is 5.78 Å². The lowest BCUT2D eigenvalue weighted by Crippen LogP contribution is -2.14. The van der Waals surface area contributed by atoms with Gasteiger partial charge in [0.1, 0.15) is 11.6 Å². The van der Waals surface area contributed by atoms with Gasteiger partial charge >= 0.3 is 0 Å². The summed E-state index contributed by atoms with van der Waals surface area (Å²) in [6.45, 7) is 3.58. The van der Waals surface area contributed by atoms with Crippen molar-refractivity contribution in [1.82, 2.24) is 9.78 Å². The third-order valence-electron chi connectivity index (χ3n) is 4.33. The van der Waals surface area contributed by atoms with E-state index in [4.69, 9.17) is 4.42 Å². The van der Waals surface area contributed by atoms with E-state index in [2.05, 4.69) is 5.10 Å². The largest absolute Gasteiger partial charge is 0.461 e. The Morgan fingerprint density at radius 2 is 2.24 bits per heavy atom. The summed E-state index contributed by atoms with van der Waals surface area (Å²) in [5, 5.41) is 13.8. The van der Waals surface area contributed by atoms with Crippen molar-refractivity contribution in [2.45, 2.75) is 26.3 Å². The highest BCUT2D eigenvalue weighted by molar-refractivity contribution is 7.91. The predicted molar refractivity (Wildman–Crippen MR) is 90.6 cm³/mol. The molecule has 1 aliphatic rings. The van der Waals surface area contributed by atoms with Crippen LogP contribution in [0.4, 0.5) is 0 Å². The van der Waals surface area contributed by atoms with Gasteiger partial charge < -0.3 is 4.42 Å². The molecule has 0 bridgehead atoms. The van der Waals surface area contributed by atoms with Crippen LogP contribution in [0.2, 0.25) is 0 Å². The Morgan fingerprint density at radius 3 is 2.80 bits per heavy atom. The van der Waals surface area contributed by atoms with Gasteiger partial charge in [0.15, 0.2) is 15.6 Å². The Bertz CT molecular complexity index is 992. The molecule has 1 atom stereocenters. The fourth-order valence-corrected chi connectivity index (χ4v) is 4.73. The molecule has 0 unspecified atom stereocenters. The maximum atomic E-state index is 12.3. The van der Waals surface area contributed by atoms with Crippen molar-refractivity contribution in [1.29, 1.82) is 5.26 Å². The fourth-order valence-electron chi connectivity index (χ4n) is 3.04. The van der Waals surface area contributed by atoms with Crippen molar-refractivity contribution in [3.8, 4) is 6.07 Å². The number of Topliss-reactive ketones (excluding diaryl/α,β-unsaturated/α-hetero) is 1. The Labute approximate surface area is 145 Å². The van der Waals surface area contributed by atoms with E-state index in [1.54, 1.807) is 17.7 Å². The third kappa shape index (κ3) is 3.28. The number of aryl methyl sites for hydroxylation is 1. The van der Waals surface area contributed by atoms with Gasteiger partial charge in [-0.3, -0.25) is 9.48 Å². The van der Waals surface area contributed by atoms with E-state index in [9.17, 15) is 18.5 Å². The number of carbonyl (C=O) groups is 1. The summed E-state index contributed by atoms with van der Waals surface area (Å²) in [5.41, 5.74) is 1.97. The number of allylic oxidation sites excluding steroid dienone is 1. The monoisotopic (exact) mass is 359 g/mol. The Hall–Kier alpha value is -2.66. The molecule has 130 valence electrons. The number of nitriles is 1. The number of hydrogen-bond acceptors (Lipinski definition) is 6. The van der Waals surface area contributed by atoms with Crippen LogP contribution in [0.25, 0.3) is 6.08 Å². The molecule has 1 aliphatic heterocycles. The van der Waals surface area contributed by atoms with Crippen molar-refractivity contribution in [3.63, 3.8) is 0 Å². The van der Waals surface area contributed by atoms with Crippen LogP contribution in [0.15, 0.2) is 28.4 Å². The van der Waals surface area contributed by atoms with Gasteiger partial charge in [0.05, 0.1) is 29.5 Å². The van der Waals surface area contributed by atoms with E-state index in [0.29, 0.717) is 17.7 Å². The first-order valence-corrected chi connectivity index (χ1v) is 9.60. The predicted octanol–water partition coefficient (Wildman–Crippen LogP) is 2.24. The number of nitrogens with zero attached hydrogens (tertiary/aromatic N) is 3. The number of furan rings is 1. The van der Waals surface area contributed by atoms with Crippen LogP contribution in [-0.4, -0.2) is 35.5 Å². The van der Waals surface area contributed by atoms with Crippen LogP contribution >= 0.6 is 0 Å². The summed E-state index contributed by atoms with van der Waals surface area (Å²) in [4.78, 5) is 12.3. The molecule has 0 amide bonds. The molecule has 0 radical (unpaired) electrons. The molecule has 2 aromatic heterocycles. The van der Waals surface area contributed by atoms with Gasteiger partial charge in [-0.2, -0.15) is 10.4 Å². The fraction of sp³-hybridized carbons (Fsp3) is 0.353. The molecule has 0 aromatic carbocycles. The standard InChI is InChI=1S/C17H17N3O4S/c1-11-15(8-13(9-18)17(21)16-4-3-6-24-16)12(2)20(19-11)14-5-7-25(22,23)10-14/h3-4,6,8,14H,5,7,10H2,1-2H3/b13-8+/t14-/m1/s1. The van der Waals surface area contributed by atoms with Gasteiger partial charge in [-0.25, -0.2) is 8.42 Å². The second-order valence-electron chi connectivity index (χ2n) is 6.06. The van der Waals surface area contributed by atoms with E-state index >= 15 is 0 Å². The number of ketones is 1. The highest BCUT2D eigenvalue weighted by atomic mass is 32.2. The minimum absolute atomic E-state index is 0.0558. The third-order valence-corrected chi connectivity index (χ3v) is 6.08. The first-order valence-electron chi connectivity index (χ1n) is 7.78. The molecule has 3 heterocycles. The van der Waals surface area contributed by atoms with Crippen LogP contribution < -0.4 is 0 Å². The maximum absolute atomic E-state index is 12.3. The lowest BCUT2D eigenvalue weighted by atomic mass is 10.1. The van der Waals surface area contributed by atoms with Gasteiger partial charge in [0.25, 0.3) is 0 Å². The highest BCUT2D eigenvalue weighted by Gasteiger charge is 2.31. The van der Waals surface area contributed by atoms with Crippen molar-refractivity contribution in [2.75, 3.05) is 11.5 Å². The summed E-state index contributed by atoms with van der Waals surface area (Å²) in [6.07, 6.45) is 3.38. The number of aromatic nitrogens is 2. The minimum atomic E-state index is -3.03. The van der Waals surface area contributed by atoms with E-state index in [-0.39, 0.29) is 28.9 Å². The second-order valence-corrected chi connectivity index (χ2v) is 8.29. The summed E-state index contributed by atoms with van der Waals surface area (Å²) in [5.74, 6) is -0.184. The van der Waals surface area contributed by atoms with Crippen molar-refractivity contribution < 1.29 is 17.6 Å². The van der Waals surface area contributed by atoms with Gasteiger partial charge in [0, 0.05) is 11.3 Å². The van der Waals surface area contributed by atoms with Crippen molar-refractivity contribution >= 4 is 21.7 Å². The Kier molecular flexibility index (Phi) is 4.35. The van der Waals surface area contributed by atoms with Crippen LogP contribution in [0.1, 0.15) is 40.0 Å². The normalized spacial score (nSPS) is 19.7. The maximum Gasteiger partial charge on any atom is 0.238 e. The highest BCUT2D eigenvalue weighted by Crippen LogP contribution is 2.28. The zero-order valence-electron chi connectivity index (χ0n) is 13.9. The minimum Gasteiger partial charge on any atom is -0.461 e. The summed E-state index contributed by atoms with van der Waals surface area (Å²) in [7, 11) is -3.03. The molecule has 0 saturated carbocycles. The summed E-state index contributed by atoms with van der Waals surface area (Å²) >= 11 is 0. The molecular formula is C17H17N3O4S. The zero-order chi connectivity index (χ0) is 18.2. The van der Waals surface area contributed by atoms with E-state index in [1.807, 2.05) is 13.0 Å². The van der Waals surface area contributed by atoms with Crippen LogP contribution in [-0.2, 0) is 9.84 Å². The SMILES string of the molecule is Cc1nn([C@@H]2CCS(=O)(=O)C2)c(C)c1/C=C(\C#N)C(=O)c1ccco1. The van der Waals surface area contributed by atoms with Gasteiger partial charge in [-0.05, 0) is 38.5 Å². The van der Waals surface area contributed by atoms with E-state index in [1.165, 1.54) is 18.4 Å². The zero-order valence-corrected chi connectivity index (χ0v) is 14.7. The summed E-state index contributed by atoms with van der Waals surface area (Å²) < 4.78 is 30.2. The molecule has 0 spiro atoms. The lowest BCUT2D eigenvalue weighted by Gasteiger charge is -2.11. The molecular weight excluding hydrogens is 342 g/mol. The van der Waals surface area contributed by atoms with Crippen LogP contribution in [0.5, 0.6) is 0 Å². The number of hydrogen-bond donors (Lipinski definition) is 0. The smallest absolute Gasteiger partial charge is 0.238 e.